The van der Waals surface area contributed by atoms with Crippen molar-refractivity contribution in [2.45, 2.75) is 20.3 Å². The molecule has 0 bridgehead atoms. The van der Waals surface area contributed by atoms with Gasteiger partial charge in [0.15, 0.2) is 0 Å². The van der Waals surface area contributed by atoms with E-state index in [4.69, 9.17) is 11.6 Å². The standard InChI is InChI=1S/C14H19ClN2/c1-4-16-8-7-11-9-17(3)14-10(2)13(15)6-5-12(11)14/h5-6,9,16H,4,7-8H2,1-3H3. The number of halogens is 1. The molecule has 0 saturated heterocycles. The third kappa shape index (κ3) is 2.33. The lowest BCUT2D eigenvalue weighted by molar-refractivity contribution is 0.717. The Labute approximate surface area is 108 Å². The summed E-state index contributed by atoms with van der Waals surface area (Å²) in [6.07, 6.45) is 3.28. The normalized spacial score (nSPS) is 11.3. The minimum absolute atomic E-state index is 0.844. The monoisotopic (exact) mass is 250 g/mol. The molecule has 0 unspecified atom stereocenters. The van der Waals surface area contributed by atoms with E-state index in [0.717, 1.165) is 24.5 Å². The number of aromatic nitrogens is 1. The van der Waals surface area contributed by atoms with Crippen LogP contribution in [0, 0.1) is 6.92 Å². The maximum Gasteiger partial charge on any atom is 0.0525 e. The fourth-order valence-corrected chi connectivity index (χ4v) is 2.51. The maximum atomic E-state index is 6.17. The van der Waals surface area contributed by atoms with Gasteiger partial charge in [-0.25, -0.2) is 0 Å². The first-order valence-electron chi connectivity index (χ1n) is 6.09. The van der Waals surface area contributed by atoms with Crippen LogP contribution < -0.4 is 5.32 Å². The Hall–Kier alpha value is -0.990. The van der Waals surface area contributed by atoms with Crippen LogP contribution in [0.2, 0.25) is 5.02 Å². The van der Waals surface area contributed by atoms with Gasteiger partial charge in [0.05, 0.1) is 5.52 Å². The fraction of sp³-hybridized carbons (Fsp3) is 0.429. The number of fused-ring (bicyclic) bond motifs is 1. The van der Waals surface area contributed by atoms with Crippen LogP contribution in [0.1, 0.15) is 18.1 Å². The van der Waals surface area contributed by atoms with Crippen molar-refractivity contribution in [3.05, 3.63) is 34.5 Å². The van der Waals surface area contributed by atoms with Crippen molar-refractivity contribution in [3.8, 4) is 0 Å². The second-order valence-electron chi connectivity index (χ2n) is 4.44. The summed E-state index contributed by atoms with van der Waals surface area (Å²) in [5.74, 6) is 0. The number of aryl methyl sites for hydroxylation is 2. The van der Waals surface area contributed by atoms with Crippen LogP contribution in [0.15, 0.2) is 18.3 Å². The van der Waals surface area contributed by atoms with E-state index in [9.17, 15) is 0 Å². The van der Waals surface area contributed by atoms with Gasteiger partial charge in [-0.15, -0.1) is 0 Å². The summed E-state index contributed by atoms with van der Waals surface area (Å²) in [6.45, 7) is 6.26. The van der Waals surface area contributed by atoms with Crippen molar-refractivity contribution in [1.82, 2.24) is 9.88 Å². The third-order valence-electron chi connectivity index (χ3n) is 3.23. The van der Waals surface area contributed by atoms with Crippen molar-refractivity contribution in [2.24, 2.45) is 7.05 Å². The van der Waals surface area contributed by atoms with Gasteiger partial charge >= 0.3 is 0 Å². The molecule has 17 heavy (non-hydrogen) atoms. The first-order chi connectivity index (χ1) is 8.15. The summed E-state index contributed by atoms with van der Waals surface area (Å²) in [5.41, 5.74) is 3.81. The number of hydrogen-bond donors (Lipinski definition) is 1. The molecule has 0 amide bonds. The Kier molecular flexibility index (Phi) is 3.75. The largest absolute Gasteiger partial charge is 0.350 e. The molecule has 0 aliphatic carbocycles. The van der Waals surface area contributed by atoms with E-state index in [1.54, 1.807) is 0 Å². The molecular formula is C14H19ClN2. The van der Waals surface area contributed by atoms with E-state index >= 15 is 0 Å². The summed E-state index contributed by atoms with van der Waals surface area (Å²) >= 11 is 6.17. The van der Waals surface area contributed by atoms with Crippen LogP contribution in [0.5, 0.6) is 0 Å². The molecular weight excluding hydrogens is 232 g/mol. The number of nitrogens with zero attached hydrogens (tertiary/aromatic N) is 1. The summed E-state index contributed by atoms with van der Waals surface area (Å²) in [4.78, 5) is 0. The molecule has 1 aromatic carbocycles. The van der Waals surface area contributed by atoms with Crippen LogP contribution in [0.4, 0.5) is 0 Å². The highest BCUT2D eigenvalue weighted by Gasteiger charge is 2.10. The van der Waals surface area contributed by atoms with Gasteiger partial charge in [-0.3, -0.25) is 0 Å². The van der Waals surface area contributed by atoms with E-state index in [-0.39, 0.29) is 0 Å². The van der Waals surface area contributed by atoms with E-state index in [1.807, 2.05) is 6.07 Å². The number of hydrogen-bond acceptors (Lipinski definition) is 1. The molecule has 0 saturated carbocycles. The highest BCUT2D eigenvalue weighted by Crippen LogP contribution is 2.28. The first kappa shape index (κ1) is 12.5. The van der Waals surface area contributed by atoms with Gasteiger partial charge in [-0.2, -0.15) is 0 Å². The molecule has 0 atom stereocenters. The van der Waals surface area contributed by atoms with Crippen molar-refractivity contribution in [1.29, 1.82) is 0 Å². The topological polar surface area (TPSA) is 17.0 Å². The van der Waals surface area contributed by atoms with E-state index in [0.29, 0.717) is 0 Å². The van der Waals surface area contributed by atoms with Gasteiger partial charge in [0, 0.05) is 23.7 Å². The molecule has 0 aliphatic heterocycles. The summed E-state index contributed by atoms with van der Waals surface area (Å²) < 4.78 is 2.18. The van der Waals surface area contributed by atoms with Gasteiger partial charge in [0.2, 0.25) is 0 Å². The number of rotatable bonds is 4. The Morgan fingerprint density at radius 2 is 2.12 bits per heavy atom. The van der Waals surface area contributed by atoms with Crippen LogP contribution in [-0.4, -0.2) is 17.7 Å². The highest BCUT2D eigenvalue weighted by molar-refractivity contribution is 6.32. The minimum atomic E-state index is 0.844. The molecule has 3 heteroatoms. The lowest BCUT2D eigenvalue weighted by atomic mass is 10.1. The summed E-state index contributed by atoms with van der Waals surface area (Å²) in [5, 5.41) is 5.53. The second kappa shape index (κ2) is 5.11. The van der Waals surface area contributed by atoms with Gasteiger partial charge < -0.3 is 9.88 Å². The molecule has 2 rings (SSSR count). The molecule has 2 aromatic rings. The Morgan fingerprint density at radius 3 is 2.82 bits per heavy atom. The lowest BCUT2D eigenvalue weighted by Gasteiger charge is -2.04. The summed E-state index contributed by atoms with van der Waals surface area (Å²) in [6, 6.07) is 4.13. The number of likely N-dealkylation sites (N-methyl/N-ethyl adjacent to an activating group) is 1. The zero-order chi connectivity index (χ0) is 12.4. The molecule has 0 radical (unpaired) electrons. The van der Waals surface area contributed by atoms with Crippen molar-refractivity contribution >= 4 is 22.5 Å². The Bertz CT molecular complexity index is 528. The van der Waals surface area contributed by atoms with Gasteiger partial charge in [0.25, 0.3) is 0 Å². The molecule has 1 N–H and O–H groups in total. The molecule has 1 aromatic heterocycles. The van der Waals surface area contributed by atoms with Gasteiger partial charge in [-0.1, -0.05) is 24.6 Å². The fourth-order valence-electron chi connectivity index (χ4n) is 2.36. The zero-order valence-corrected chi connectivity index (χ0v) is 11.4. The van der Waals surface area contributed by atoms with Crippen molar-refractivity contribution in [2.75, 3.05) is 13.1 Å². The van der Waals surface area contributed by atoms with Crippen LogP contribution >= 0.6 is 11.6 Å². The van der Waals surface area contributed by atoms with Crippen LogP contribution in [0.3, 0.4) is 0 Å². The average molecular weight is 251 g/mol. The van der Waals surface area contributed by atoms with E-state index in [1.165, 1.54) is 22.0 Å². The van der Waals surface area contributed by atoms with E-state index in [2.05, 4.69) is 43.0 Å². The molecule has 1 heterocycles. The average Bonchev–Trinajstić information content (AvgIpc) is 2.62. The van der Waals surface area contributed by atoms with Crippen molar-refractivity contribution in [3.63, 3.8) is 0 Å². The Morgan fingerprint density at radius 1 is 1.35 bits per heavy atom. The first-order valence-corrected chi connectivity index (χ1v) is 6.46. The number of nitrogens with one attached hydrogen (secondary N) is 1. The molecule has 0 fully saturated rings. The predicted molar refractivity (Wildman–Crippen MR) is 74.9 cm³/mol. The van der Waals surface area contributed by atoms with E-state index < -0.39 is 0 Å². The lowest BCUT2D eigenvalue weighted by Crippen LogP contribution is -2.15. The smallest absolute Gasteiger partial charge is 0.0525 e. The minimum Gasteiger partial charge on any atom is -0.350 e. The molecule has 92 valence electrons. The van der Waals surface area contributed by atoms with Gasteiger partial charge in [-0.05, 0) is 43.6 Å². The zero-order valence-electron chi connectivity index (χ0n) is 10.7. The predicted octanol–water partition coefficient (Wildman–Crippen LogP) is 3.29. The summed E-state index contributed by atoms with van der Waals surface area (Å²) in [7, 11) is 2.09. The van der Waals surface area contributed by atoms with Crippen LogP contribution in [-0.2, 0) is 13.5 Å². The third-order valence-corrected chi connectivity index (χ3v) is 3.64. The second-order valence-corrected chi connectivity index (χ2v) is 4.84. The van der Waals surface area contributed by atoms with Gasteiger partial charge in [0.1, 0.15) is 0 Å². The highest BCUT2D eigenvalue weighted by atomic mass is 35.5. The maximum absolute atomic E-state index is 6.17. The van der Waals surface area contributed by atoms with Crippen molar-refractivity contribution < 1.29 is 0 Å². The quantitative estimate of drug-likeness (QED) is 0.824. The SMILES string of the molecule is CCNCCc1cn(C)c2c(C)c(Cl)ccc12. The number of benzene rings is 1. The molecule has 0 aliphatic rings. The van der Waals surface area contributed by atoms with Crippen LogP contribution in [0.25, 0.3) is 10.9 Å². The molecule has 2 nitrogen and oxygen atoms in total. The molecule has 0 spiro atoms. The Balaban J connectivity index is 2.42.